The summed E-state index contributed by atoms with van der Waals surface area (Å²) in [6.45, 7) is 2.66. The van der Waals surface area contributed by atoms with Crippen molar-refractivity contribution in [2.24, 2.45) is 5.73 Å². The van der Waals surface area contributed by atoms with Crippen LogP contribution in [0.5, 0.6) is 0 Å². The van der Waals surface area contributed by atoms with Gasteiger partial charge in [0.15, 0.2) is 0 Å². The Hall–Kier alpha value is -1.12. The maximum absolute atomic E-state index is 5.94. The lowest BCUT2D eigenvalue weighted by Gasteiger charge is -2.06. The lowest BCUT2D eigenvalue weighted by Crippen LogP contribution is -2.05. The fourth-order valence-electron chi connectivity index (χ4n) is 1.70. The van der Waals surface area contributed by atoms with E-state index < -0.39 is 0 Å². The summed E-state index contributed by atoms with van der Waals surface area (Å²) in [5.41, 5.74) is 8.79. The number of benzene rings is 1. The number of aryl methyl sites for hydroxylation is 1. The summed E-state index contributed by atoms with van der Waals surface area (Å²) in [7, 11) is 0. The molecule has 3 heteroatoms. The monoisotopic (exact) mass is 220 g/mol. The molecule has 0 bridgehead atoms. The van der Waals surface area contributed by atoms with E-state index in [0.717, 1.165) is 28.0 Å². The van der Waals surface area contributed by atoms with Crippen LogP contribution in [0.4, 0.5) is 0 Å². The fraction of sp³-hybridized carbons (Fsp3) is 0.250. The first-order valence-corrected chi connectivity index (χ1v) is 5.34. The second kappa shape index (κ2) is 4.17. The molecule has 1 aromatic heterocycles. The molecule has 0 saturated carbocycles. The SMILES string of the molecule is Cc1nc2ccc(Cl)cc2cc1CCN. The Kier molecular flexibility index (Phi) is 2.89. The van der Waals surface area contributed by atoms with Gasteiger partial charge in [0.25, 0.3) is 0 Å². The number of hydrogen-bond acceptors (Lipinski definition) is 2. The molecule has 0 radical (unpaired) electrons. The van der Waals surface area contributed by atoms with Crippen LogP contribution in [0.25, 0.3) is 10.9 Å². The molecular formula is C12H13ClN2. The molecule has 0 unspecified atom stereocenters. The first-order chi connectivity index (χ1) is 7.20. The molecule has 0 amide bonds. The molecule has 0 saturated heterocycles. The highest BCUT2D eigenvalue weighted by Crippen LogP contribution is 2.20. The molecule has 2 nitrogen and oxygen atoms in total. The van der Waals surface area contributed by atoms with Gasteiger partial charge in [0.1, 0.15) is 0 Å². The number of halogens is 1. The summed E-state index contributed by atoms with van der Waals surface area (Å²) in [6, 6.07) is 7.86. The van der Waals surface area contributed by atoms with Crippen LogP contribution in [0.2, 0.25) is 5.02 Å². The Morgan fingerprint density at radius 2 is 2.13 bits per heavy atom. The van der Waals surface area contributed by atoms with E-state index in [0.29, 0.717) is 6.54 Å². The van der Waals surface area contributed by atoms with Gasteiger partial charge in [0, 0.05) is 16.1 Å². The molecule has 0 fully saturated rings. The first kappa shape index (κ1) is 10.4. The maximum atomic E-state index is 5.94. The first-order valence-electron chi connectivity index (χ1n) is 4.96. The highest BCUT2D eigenvalue weighted by atomic mass is 35.5. The maximum Gasteiger partial charge on any atom is 0.0706 e. The zero-order valence-corrected chi connectivity index (χ0v) is 9.38. The van der Waals surface area contributed by atoms with Crippen molar-refractivity contribution in [1.82, 2.24) is 4.98 Å². The number of rotatable bonds is 2. The van der Waals surface area contributed by atoms with Crippen molar-refractivity contribution >= 4 is 22.5 Å². The zero-order valence-electron chi connectivity index (χ0n) is 8.63. The average Bonchev–Trinajstić information content (AvgIpc) is 2.20. The number of pyridine rings is 1. The van der Waals surface area contributed by atoms with Gasteiger partial charge in [-0.15, -0.1) is 0 Å². The largest absolute Gasteiger partial charge is 0.330 e. The van der Waals surface area contributed by atoms with Crippen molar-refractivity contribution in [1.29, 1.82) is 0 Å². The molecule has 0 aliphatic heterocycles. The van der Waals surface area contributed by atoms with Crippen LogP contribution < -0.4 is 5.73 Å². The Bertz CT molecular complexity index is 494. The Morgan fingerprint density at radius 3 is 2.87 bits per heavy atom. The fourth-order valence-corrected chi connectivity index (χ4v) is 1.88. The topological polar surface area (TPSA) is 38.9 Å². The summed E-state index contributed by atoms with van der Waals surface area (Å²) in [5, 5.41) is 1.82. The molecule has 2 N–H and O–H groups in total. The smallest absolute Gasteiger partial charge is 0.0706 e. The van der Waals surface area contributed by atoms with Crippen molar-refractivity contribution in [2.75, 3.05) is 6.54 Å². The summed E-state index contributed by atoms with van der Waals surface area (Å²) >= 11 is 5.94. The minimum atomic E-state index is 0.647. The van der Waals surface area contributed by atoms with Gasteiger partial charge in [-0.25, -0.2) is 0 Å². The van der Waals surface area contributed by atoms with Gasteiger partial charge in [-0.1, -0.05) is 11.6 Å². The number of aromatic nitrogens is 1. The van der Waals surface area contributed by atoms with E-state index in [1.165, 1.54) is 5.56 Å². The van der Waals surface area contributed by atoms with Crippen LogP contribution >= 0.6 is 11.6 Å². The van der Waals surface area contributed by atoms with Crippen LogP contribution in [-0.2, 0) is 6.42 Å². The van der Waals surface area contributed by atoms with Gasteiger partial charge in [0.2, 0.25) is 0 Å². The van der Waals surface area contributed by atoms with Crippen molar-refractivity contribution in [2.45, 2.75) is 13.3 Å². The lowest BCUT2D eigenvalue weighted by atomic mass is 10.1. The van der Waals surface area contributed by atoms with Crippen LogP contribution in [0.1, 0.15) is 11.3 Å². The standard InChI is InChI=1S/C12H13ClN2/c1-8-9(4-5-14)6-10-7-11(13)2-3-12(10)15-8/h2-3,6-7H,4-5,14H2,1H3. The number of nitrogens with zero attached hydrogens (tertiary/aromatic N) is 1. The molecule has 1 heterocycles. The Balaban J connectivity index is 2.61. The summed E-state index contributed by atoms with van der Waals surface area (Å²) in [6.07, 6.45) is 0.862. The molecule has 2 aromatic rings. The minimum Gasteiger partial charge on any atom is -0.330 e. The average molecular weight is 221 g/mol. The second-order valence-electron chi connectivity index (χ2n) is 3.61. The van der Waals surface area contributed by atoms with Gasteiger partial charge < -0.3 is 5.73 Å². The molecule has 78 valence electrons. The van der Waals surface area contributed by atoms with Crippen LogP contribution in [-0.4, -0.2) is 11.5 Å². The van der Waals surface area contributed by atoms with E-state index in [4.69, 9.17) is 17.3 Å². The van der Waals surface area contributed by atoms with Crippen molar-refractivity contribution < 1.29 is 0 Å². The van der Waals surface area contributed by atoms with Gasteiger partial charge in [-0.2, -0.15) is 0 Å². The Labute approximate surface area is 94.1 Å². The Morgan fingerprint density at radius 1 is 1.33 bits per heavy atom. The number of fused-ring (bicyclic) bond motifs is 1. The predicted molar refractivity (Wildman–Crippen MR) is 64.2 cm³/mol. The molecule has 1 aromatic carbocycles. The van der Waals surface area contributed by atoms with Gasteiger partial charge in [-0.3, -0.25) is 4.98 Å². The molecule has 0 spiro atoms. The van der Waals surface area contributed by atoms with Gasteiger partial charge >= 0.3 is 0 Å². The number of hydrogen-bond donors (Lipinski definition) is 1. The van der Waals surface area contributed by atoms with Crippen molar-refractivity contribution in [3.63, 3.8) is 0 Å². The minimum absolute atomic E-state index is 0.647. The van der Waals surface area contributed by atoms with Crippen molar-refractivity contribution in [3.8, 4) is 0 Å². The lowest BCUT2D eigenvalue weighted by molar-refractivity contribution is 0.946. The molecular weight excluding hydrogens is 208 g/mol. The van der Waals surface area contributed by atoms with Gasteiger partial charge in [0.05, 0.1) is 5.52 Å². The predicted octanol–water partition coefficient (Wildman–Crippen LogP) is 2.70. The van der Waals surface area contributed by atoms with Crippen LogP contribution in [0, 0.1) is 6.92 Å². The third-order valence-corrected chi connectivity index (χ3v) is 2.72. The van der Waals surface area contributed by atoms with Crippen molar-refractivity contribution in [3.05, 3.63) is 40.5 Å². The summed E-state index contributed by atoms with van der Waals surface area (Å²) in [5.74, 6) is 0. The number of nitrogens with two attached hydrogens (primary N) is 1. The molecule has 0 atom stereocenters. The highest BCUT2D eigenvalue weighted by molar-refractivity contribution is 6.31. The van der Waals surface area contributed by atoms with E-state index in [-0.39, 0.29) is 0 Å². The van der Waals surface area contributed by atoms with E-state index >= 15 is 0 Å². The van der Waals surface area contributed by atoms with Crippen LogP contribution in [0.15, 0.2) is 24.3 Å². The molecule has 2 rings (SSSR count). The zero-order chi connectivity index (χ0) is 10.8. The van der Waals surface area contributed by atoms with Gasteiger partial charge in [-0.05, 0) is 49.7 Å². The third kappa shape index (κ3) is 2.11. The van der Waals surface area contributed by atoms with E-state index in [9.17, 15) is 0 Å². The summed E-state index contributed by atoms with van der Waals surface area (Å²) in [4.78, 5) is 4.52. The molecule has 0 aliphatic rings. The van der Waals surface area contributed by atoms with E-state index in [1.807, 2.05) is 25.1 Å². The molecule has 0 aliphatic carbocycles. The third-order valence-electron chi connectivity index (χ3n) is 2.49. The quantitative estimate of drug-likeness (QED) is 0.845. The normalized spacial score (nSPS) is 10.9. The second-order valence-corrected chi connectivity index (χ2v) is 4.05. The van der Waals surface area contributed by atoms with E-state index in [2.05, 4.69) is 11.1 Å². The molecule has 15 heavy (non-hydrogen) atoms. The van der Waals surface area contributed by atoms with Crippen LogP contribution in [0.3, 0.4) is 0 Å². The highest BCUT2D eigenvalue weighted by Gasteiger charge is 2.02. The summed E-state index contributed by atoms with van der Waals surface area (Å²) < 4.78 is 0. The van der Waals surface area contributed by atoms with E-state index in [1.54, 1.807) is 0 Å².